The highest BCUT2D eigenvalue weighted by molar-refractivity contribution is 5.88. The first kappa shape index (κ1) is 14.8. The molecule has 0 aromatic carbocycles. The quantitative estimate of drug-likeness (QED) is 0.764. The molecule has 0 saturated heterocycles. The molecular formula is C15H22N2O3. The first-order chi connectivity index (χ1) is 9.58. The highest BCUT2D eigenvalue weighted by atomic mass is 16.5. The number of methoxy groups -OCH3 is 1. The number of ether oxygens (including phenoxy) is 1. The standard InChI is InChI=1S/C15H22N2O3/c1-3-12-8-11(14(18)19)9-13(17-12)16-10-15(4-5-15)6-7-20-2/h8-9H,3-7,10H2,1-2H3,(H,16,17)(H,18,19). The minimum absolute atomic E-state index is 0.293. The average molecular weight is 278 g/mol. The van der Waals surface area contributed by atoms with Gasteiger partial charge >= 0.3 is 5.97 Å². The summed E-state index contributed by atoms with van der Waals surface area (Å²) < 4.78 is 5.14. The maximum Gasteiger partial charge on any atom is 0.335 e. The number of carbonyl (C=O) groups is 1. The van der Waals surface area contributed by atoms with E-state index in [0.29, 0.717) is 16.8 Å². The molecule has 2 rings (SSSR count). The molecule has 2 N–H and O–H groups in total. The van der Waals surface area contributed by atoms with Crippen molar-refractivity contribution in [3.8, 4) is 0 Å². The number of aryl methyl sites for hydroxylation is 1. The van der Waals surface area contributed by atoms with E-state index in [1.54, 1.807) is 19.2 Å². The summed E-state index contributed by atoms with van der Waals surface area (Å²) in [5.41, 5.74) is 1.40. The lowest BCUT2D eigenvalue weighted by Gasteiger charge is -2.16. The number of hydrogen-bond acceptors (Lipinski definition) is 4. The van der Waals surface area contributed by atoms with Crippen LogP contribution < -0.4 is 5.32 Å². The Morgan fingerprint density at radius 2 is 2.25 bits per heavy atom. The predicted molar refractivity (Wildman–Crippen MR) is 77.2 cm³/mol. The third kappa shape index (κ3) is 3.70. The molecule has 110 valence electrons. The molecule has 1 aliphatic carbocycles. The Bertz CT molecular complexity index is 484. The minimum Gasteiger partial charge on any atom is -0.478 e. The third-order valence-electron chi connectivity index (χ3n) is 3.93. The normalized spacial score (nSPS) is 15.9. The molecule has 5 heteroatoms. The Morgan fingerprint density at radius 3 is 2.80 bits per heavy atom. The molecule has 1 saturated carbocycles. The number of rotatable bonds is 8. The summed E-state index contributed by atoms with van der Waals surface area (Å²) >= 11 is 0. The SMILES string of the molecule is CCc1cc(C(=O)O)cc(NCC2(CCOC)CC2)n1. The molecule has 0 radical (unpaired) electrons. The lowest BCUT2D eigenvalue weighted by molar-refractivity contribution is 0.0696. The van der Waals surface area contributed by atoms with Crippen molar-refractivity contribution in [1.29, 1.82) is 0 Å². The molecule has 5 nitrogen and oxygen atoms in total. The van der Waals surface area contributed by atoms with E-state index in [-0.39, 0.29) is 0 Å². The zero-order valence-electron chi connectivity index (χ0n) is 12.1. The molecule has 0 atom stereocenters. The van der Waals surface area contributed by atoms with Gasteiger partial charge in [0.15, 0.2) is 0 Å². The molecule has 0 spiro atoms. The first-order valence-electron chi connectivity index (χ1n) is 7.05. The number of aromatic carboxylic acids is 1. The Morgan fingerprint density at radius 1 is 1.50 bits per heavy atom. The summed E-state index contributed by atoms with van der Waals surface area (Å²) in [5.74, 6) is -0.254. The van der Waals surface area contributed by atoms with Crippen molar-refractivity contribution in [1.82, 2.24) is 4.98 Å². The summed E-state index contributed by atoms with van der Waals surface area (Å²) in [6, 6.07) is 3.24. The summed E-state index contributed by atoms with van der Waals surface area (Å²) in [5, 5.41) is 12.4. The van der Waals surface area contributed by atoms with Crippen molar-refractivity contribution in [2.75, 3.05) is 25.6 Å². The van der Waals surface area contributed by atoms with Crippen LogP contribution in [-0.4, -0.2) is 36.3 Å². The second-order valence-corrected chi connectivity index (χ2v) is 5.49. The van der Waals surface area contributed by atoms with E-state index in [2.05, 4.69) is 10.3 Å². The second-order valence-electron chi connectivity index (χ2n) is 5.49. The van der Waals surface area contributed by atoms with Crippen LogP contribution in [0.3, 0.4) is 0 Å². The summed E-state index contributed by atoms with van der Waals surface area (Å²) in [6.07, 6.45) is 4.16. The lowest BCUT2D eigenvalue weighted by atomic mass is 10.0. The molecule has 1 fully saturated rings. The summed E-state index contributed by atoms with van der Waals surface area (Å²) in [4.78, 5) is 15.5. The van der Waals surface area contributed by atoms with E-state index in [0.717, 1.165) is 31.7 Å². The van der Waals surface area contributed by atoms with Crippen molar-refractivity contribution >= 4 is 11.8 Å². The van der Waals surface area contributed by atoms with Crippen LogP contribution in [0.5, 0.6) is 0 Å². The van der Waals surface area contributed by atoms with Crippen molar-refractivity contribution < 1.29 is 14.6 Å². The van der Waals surface area contributed by atoms with Gasteiger partial charge in [-0.05, 0) is 43.2 Å². The number of nitrogens with one attached hydrogen (secondary N) is 1. The number of anilines is 1. The molecule has 20 heavy (non-hydrogen) atoms. The Hall–Kier alpha value is -1.62. The number of aromatic nitrogens is 1. The number of carboxylic acids is 1. The van der Waals surface area contributed by atoms with Crippen LogP contribution in [0.2, 0.25) is 0 Å². The fourth-order valence-electron chi connectivity index (χ4n) is 2.27. The van der Waals surface area contributed by atoms with E-state index >= 15 is 0 Å². The van der Waals surface area contributed by atoms with Crippen molar-refractivity contribution in [2.45, 2.75) is 32.6 Å². The Balaban J connectivity index is 2.02. The Kier molecular flexibility index (Phi) is 4.60. The van der Waals surface area contributed by atoms with Gasteiger partial charge in [-0.25, -0.2) is 9.78 Å². The molecule has 0 bridgehead atoms. The van der Waals surface area contributed by atoms with Gasteiger partial charge in [-0.1, -0.05) is 6.92 Å². The van der Waals surface area contributed by atoms with Gasteiger partial charge in [0.2, 0.25) is 0 Å². The highest BCUT2D eigenvalue weighted by Crippen LogP contribution is 2.48. The van der Waals surface area contributed by atoms with Crippen LogP contribution in [-0.2, 0) is 11.2 Å². The van der Waals surface area contributed by atoms with Crippen LogP contribution in [0, 0.1) is 5.41 Å². The van der Waals surface area contributed by atoms with Gasteiger partial charge < -0.3 is 15.2 Å². The van der Waals surface area contributed by atoms with E-state index in [1.165, 1.54) is 12.8 Å². The van der Waals surface area contributed by atoms with Crippen LogP contribution in [0.1, 0.15) is 42.2 Å². The Labute approximate surface area is 119 Å². The maximum atomic E-state index is 11.1. The fraction of sp³-hybridized carbons (Fsp3) is 0.600. The monoisotopic (exact) mass is 278 g/mol. The fourth-order valence-corrected chi connectivity index (χ4v) is 2.27. The molecule has 1 aromatic rings. The summed E-state index contributed by atoms with van der Waals surface area (Å²) in [7, 11) is 1.72. The van der Waals surface area contributed by atoms with E-state index in [1.807, 2.05) is 6.92 Å². The molecule has 0 unspecified atom stereocenters. The van der Waals surface area contributed by atoms with Gasteiger partial charge in [-0.2, -0.15) is 0 Å². The third-order valence-corrected chi connectivity index (χ3v) is 3.93. The molecule has 1 aromatic heterocycles. The molecule has 1 heterocycles. The van der Waals surface area contributed by atoms with Crippen molar-refractivity contribution in [3.63, 3.8) is 0 Å². The van der Waals surface area contributed by atoms with Crippen LogP contribution in [0.4, 0.5) is 5.82 Å². The zero-order chi connectivity index (χ0) is 14.6. The highest BCUT2D eigenvalue weighted by Gasteiger charge is 2.41. The van der Waals surface area contributed by atoms with E-state index in [4.69, 9.17) is 9.84 Å². The predicted octanol–water partition coefficient (Wildman–Crippen LogP) is 2.57. The van der Waals surface area contributed by atoms with Crippen molar-refractivity contribution in [2.24, 2.45) is 5.41 Å². The largest absolute Gasteiger partial charge is 0.478 e. The van der Waals surface area contributed by atoms with Gasteiger partial charge in [-0.15, -0.1) is 0 Å². The maximum absolute atomic E-state index is 11.1. The summed E-state index contributed by atoms with van der Waals surface area (Å²) in [6.45, 7) is 3.57. The topological polar surface area (TPSA) is 71.5 Å². The minimum atomic E-state index is -0.911. The van der Waals surface area contributed by atoms with Gasteiger partial charge in [0.05, 0.1) is 5.56 Å². The molecule has 1 aliphatic rings. The van der Waals surface area contributed by atoms with Gasteiger partial charge in [0.1, 0.15) is 5.82 Å². The van der Waals surface area contributed by atoms with Crippen molar-refractivity contribution in [3.05, 3.63) is 23.4 Å². The van der Waals surface area contributed by atoms with Crippen LogP contribution in [0.15, 0.2) is 12.1 Å². The number of carboxylic acid groups (broad SMARTS) is 1. The lowest BCUT2D eigenvalue weighted by Crippen LogP contribution is -2.18. The van der Waals surface area contributed by atoms with E-state index in [9.17, 15) is 4.79 Å². The second kappa shape index (κ2) is 6.22. The number of nitrogens with zero attached hydrogens (tertiary/aromatic N) is 1. The van der Waals surface area contributed by atoms with Crippen LogP contribution >= 0.6 is 0 Å². The van der Waals surface area contributed by atoms with E-state index < -0.39 is 5.97 Å². The molecular weight excluding hydrogens is 256 g/mol. The average Bonchev–Trinajstić information content (AvgIpc) is 3.23. The smallest absolute Gasteiger partial charge is 0.335 e. The van der Waals surface area contributed by atoms with Gasteiger partial charge in [0, 0.05) is 26.0 Å². The van der Waals surface area contributed by atoms with Gasteiger partial charge in [-0.3, -0.25) is 0 Å². The number of pyridine rings is 1. The van der Waals surface area contributed by atoms with Crippen LogP contribution in [0.25, 0.3) is 0 Å². The van der Waals surface area contributed by atoms with Gasteiger partial charge in [0.25, 0.3) is 0 Å². The molecule has 0 aliphatic heterocycles. The first-order valence-corrected chi connectivity index (χ1v) is 7.05. The molecule has 0 amide bonds. The zero-order valence-corrected chi connectivity index (χ0v) is 12.1. The number of hydrogen-bond donors (Lipinski definition) is 2.